The zero-order chi connectivity index (χ0) is 13.5. The maximum Gasteiger partial charge on any atom is 0.317 e. The van der Waals surface area contributed by atoms with Crippen LogP contribution in [0.5, 0.6) is 0 Å². The number of carbonyl (C=O) groups excluding carboxylic acids is 1. The number of urea groups is 1. The van der Waals surface area contributed by atoms with Crippen molar-refractivity contribution in [2.45, 2.75) is 57.9 Å². The van der Waals surface area contributed by atoms with Gasteiger partial charge in [0.05, 0.1) is 0 Å². The van der Waals surface area contributed by atoms with E-state index < -0.39 is 0 Å². The first kappa shape index (κ1) is 14.6. The highest BCUT2D eigenvalue weighted by molar-refractivity contribution is 5.74. The molecule has 2 aliphatic rings. The van der Waals surface area contributed by atoms with Crippen molar-refractivity contribution < 1.29 is 4.79 Å². The van der Waals surface area contributed by atoms with Gasteiger partial charge in [-0.3, -0.25) is 0 Å². The van der Waals surface area contributed by atoms with E-state index in [1.807, 2.05) is 4.90 Å². The van der Waals surface area contributed by atoms with Crippen LogP contribution in [0, 0.1) is 0 Å². The molecule has 4 heteroatoms. The fourth-order valence-corrected chi connectivity index (χ4v) is 3.15. The highest BCUT2D eigenvalue weighted by atomic mass is 16.2. The molecule has 2 aliphatic heterocycles. The number of likely N-dealkylation sites (tertiary alicyclic amines) is 2. The van der Waals surface area contributed by atoms with Crippen molar-refractivity contribution in [3.05, 3.63) is 0 Å². The first-order valence-electron chi connectivity index (χ1n) is 8.03. The lowest BCUT2D eigenvalue weighted by atomic mass is 10.1. The van der Waals surface area contributed by atoms with Gasteiger partial charge >= 0.3 is 6.03 Å². The number of rotatable bonds is 3. The van der Waals surface area contributed by atoms with Crippen LogP contribution in [0.1, 0.15) is 51.9 Å². The molecule has 1 unspecified atom stereocenters. The van der Waals surface area contributed by atoms with Crippen LogP contribution in [0.2, 0.25) is 0 Å². The van der Waals surface area contributed by atoms with Crippen LogP contribution in [0.15, 0.2) is 0 Å². The molecule has 2 amide bonds. The van der Waals surface area contributed by atoms with Gasteiger partial charge in [0.1, 0.15) is 0 Å². The molecule has 1 atom stereocenters. The van der Waals surface area contributed by atoms with Crippen molar-refractivity contribution >= 4 is 6.03 Å². The van der Waals surface area contributed by atoms with Crippen LogP contribution in [0.25, 0.3) is 0 Å². The molecular weight excluding hydrogens is 238 g/mol. The monoisotopic (exact) mass is 267 g/mol. The zero-order valence-corrected chi connectivity index (χ0v) is 12.4. The third kappa shape index (κ3) is 5.01. The lowest BCUT2D eigenvalue weighted by molar-refractivity contribution is 0.181. The van der Waals surface area contributed by atoms with Crippen molar-refractivity contribution in [3.63, 3.8) is 0 Å². The molecule has 2 fully saturated rings. The third-order valence-corrected chi connectivity index (χ3v) is 4.24. The second kappa shape index (κ2) is 7.73. The summed E-state index contributed by atoms with van der Waals surface area (Å²) >= 11 is 0. The second-order valence-electron chi connectivity index (χ2n) is 6.11. The van der Waals surface area contributed by atoms with Gasteiger partial charge < -0.3 is 15.1 Å². The molecule has 0 aliphatic carbocycles. The Hall–Kier alpha value is -0.770. The van der Waals surface area contributed by atoms with Gasteiger partial charge in [0, 0.05) is 25.7 Å². The Balaban J connectivity index is 1.70. The van der Waals surface area contributed by atoms with Crippen LogP contribution < -0.4 is 5.32 Å². The SMILES string of the molecule is CC(CN1CCCCC1)NC(=O)N1CCCCCC1. The highest BCUT2D eigenvalue weighted by Crippen LogP contribution is 2.11. The summed E-state index contributed by atoms with van der Waals surface area (Å²) in [7, 11) is 0. The Morgan fingerprint density at radius 2 is 1.47 bits per heavy atom. The van der Waals surface area contributed by atoms with E-state index in [2.05, 4.69) is 17.1 Å². The van der Waals surface area contributed by atoms with E-state index in [1.54, 1.807) is 0 Å². The molecule has 0 saturated carbocycles. The Bertz CT molecular complexity index is 269. The predicted molar refractivity (Wildman–Crippen MR) is 78.3 cm³/mol. The fourth-order valence-electron chi connectivity index (χ4n) is 3.15. The lowest BCUT2D eigenvalue weighted by Gasteiger charge is -2.30. The second-order valence-corrected chi connectivity index (χ2v) is 6.11. The van der Waals surface area contributed by atoms with Gasteiger partial charge in [-0.2, -0.15) is 0 Å². The van der Waals surface area contributed by atoms with Gasteiger partial charge in [0.2, 0.25) is 0 Å². The number of carbonyl (C=O) groups is 1. The molecule has 19 heavy (non-hydrogen) atoms. The Labute approximate surface area is 117 Å². The topological polar surface area (TPSA) is 35.6 Å². The largest absolute Gasteiger partial charge is 0.334 e. The number of piperidine rings is 1. The molecule has 2 heterocycles. The summed E-state index contributed by atoms with van der Waals surface area (Å²) in [5.74, 6) is 0. The smallest absolute Gasteiger partial charge is 0.317 e. The average Bonchev–Trinajstić information content (AvgIpc) is 2.68. The summed E-state index contributed by atoms with van der Waals surface area (Å²) in [6, 6.07) is 0.403. The van der Waals surface area contributed by atoms with E-state index in [4.69, 9.17) is 0 Å². The molecule has 1 N–H and O–H groups in total. The van der Waals surface area contributed by atoms with Crippen molar-refractivity contribution in [1.82, 2.24) is 15.1 Å². The molecule has 0 spiro atoms. The van der Waals surface area contributed by atoms with Crippen LogP contribution in [-0.4, -0.2) is 54.6 Å². The van der Waals surface area contributed by atoms with Crippen LogP contribution >= 0.6 is 0 Å². The van der Waals surface area contributed by atoms with Gasteiger partial charge in [-0.1, -0.05) is 19.3 Å². The molecule has 0 radical (unpaired) electrons. The number of nitrogens with one attached hydrogen (secondary N) is 1. The molecule has 0 bridgehead atoms. The minimum absolute atomic E-state index is 0.145. The van der Waals surface area contributed by atoms with Gasteiger partial charge in [-0.05, 0) is 45.7 Å². The summed E-state index contributed by atoms with van der Waals surface area (Å²) in [4.78, 5) is 16.7. The fraction of sp³-hybridized carbons (Fsp3) is 0.933. The van der Waals surface area contributed by atoms with E-state index in [1.165, 1.54) is 45.2 Å². The Kier molecular flexibility index (Phi) is 5.95. The van der Waals surface area contributed by atoms with E-state index in [-0.39, 0.29) is 12.1 Å². The van der Waals surface area contributed by atoms with Crippen LogP contribution in [0.4, 0.5) is 4.79 Å². The predicted octanol–water partition coefficient (Wildman–Crippen LogP) is 2.45. The molecule has 2 saturated heterocycles. The standard InChI is InChI=1S/C15H29N3O/c1-14(13-17-9-5-4-6-10-17)16-15(19)18-11-7-2-3-8-12-18/h14H,2-13H2,1H3,(H,16,19). The third-order valence-electron chi connectivity index (χ3n) is 4.24. The lowest BCUT2D eigenvalue weighted by Crippen LogP contribution is -2.48. The van der Waals surface area contributed by atoms with Crippen molar-refractivity contribution in [1.29, 1.82) is 0 Å². The normalized spacial score (nSPS) is 23.7. The van der Waals surface area contributed by atoms with Crippen LogP contribution in [0.3, 0.4) is 0 Å². The number of amides is 2. The quantitative estimate of drug-likeness (QED) is 0.852. The van der Waals surface area contributed by atoms with Gasteiger partial charge in [0.15, 0.2) is 0 Å². The number of hydrogen-bond acceptors (Lipinski definition) is 2. The summed E-state index contributed by atoms with van der Waals surface area (Å²) in [5, 5.41) is 3.17. The average molecular weight is 267 g/mol. The highest BCUT2D eigenvalue weighted by Gasteiger charge is 2.19. The van der Waals surface area contributed by atoms with E-state index in [9.17, 15) is 4.79 Å². The van der Waals surface area contributed by atoms with E-state index in [0.717, 1.165) is 32.5 Å². The molecular formula is C15H29N3O. The molecule has 2 rings (SSSR count). The minimum atomic E-state index is 0.145. The number of hydrogen-bond donors (Lipinski definition) is 1. The molecule has 0 aromatic heterocycles. The van der Waals surface area contributed by atoms with Crippen molar-refractivity contribution in [3.8, 4) is 0 Å². The molecule has 110 valence electrons. The van der Waals surface area contributed by atoms with Gasteiger partial charge in [-0.15, -0.1) is 0 Å². The molecule has 0 aromatic rings. The maximum absolute atomic E-state index is 12.2. The van der Waals surface area contributed by atoms with E-state index >= 15 is 0 Å². The zero-order valence-electron chi connectivity index (χ0n) is 12.4. The Morgan fingerprint density at radius 3 is 2.11 bits per heavy atom. The van der Waals surface area contributed by atoms with Crippen molar-refractivity contribution in [2.75, 3.05) is 32.7 Å². The van der Waals surface area contributed by atoms with Crippen molar-refractivity contribution in [2.24, 2.45) is 0 Å². The summed E-state index contributed by atoms with van der Waals surface area (Å²) in [6.45, 7) is 7.39. The van der Waals surface area contributed by atoms with E-state index in [0.29, 0.717) is 0 Å². The first-order valence-corrected chi connectivity index (χ1v) is 8.03. The summed E-state index contributed by atoms with van der Waals surface area (Å²) < 4.78 is 0. The Morgan fingerprint density at radius 1 is 0.947 bits per heavy atom. The molecule has 4 nitrogen and oxygen atoms in total. The number of nitrogens with zero attached hydrogens (tertiary/aromatic N) is 2. The first-order chi connectivity index (χ1) is 9.25. The molecule has 0 aromatic carbocycles. The maximum atomic E-state index is 12.2. The minimum Gasteiger partial charge on any atom is -0.334 e. The summed E-state index contributed by atoms with van der Waals surface area (Å²) in [6.07, 6.45) is 8.85. The van der Waals surface area contributed by atoms with Gasteiger partial charge in [0.25, 0.3) is 0 Å². The van der Waals surface area contributed by atoms with Crippen LogP contribution in [-0.2, 0) is 0 Å². The van der Waals surface area contributed by atoms with Gasteiger partial charge in [-0.25, -0.2) is 4.79 Å². The summed E-state index contributed by atoms with van der Waals surface area (Å²) in [5.41, 5.74) is 0.